The van der Waals surface area contributed by atoms with Gasteiger partial charge in [0.15, 0.2) is 0 Å². The molecule has 0 atom stereocenters. The second-order valence-corrected chi connectivity index (χ2v) is 6.00. The Morgan fingerprint density at radius 2 is 2.10 bits per heavy atom. The number of nitrogens with two attached hydrogens (primary N) is 1. The third-order valence-electron chi connectivity index (χ3n) is 2.93. The van der Waals surface area contributed by atoms with E-state index in [1.165, 1.54) is 18.2 Å². The molecule has 0 radical (unpaired) electrons. The average Bonchev–Trinajstić information content (AvgIpc) is 2.74. The number of aromatic nitrogens is 2. The first-order valence-electron chi connectivity index (χ1n) is 5.88. The predicted octanol–water partition coefficient (Wildman–Crippen LogP) is 1.43. The van der Waals surface area contributed by atoms with Crippen molar-refractivity contribution in [3.63, 3.8) is 0 Å². The number of nitrogens with zero attached hydrogens (tertiary/aromatic N) is 1. The van der Waals surface area contributed by atoms with Crippen molar-refractivity contribution >= 4 is 15.7 Å². The van der Waals surface area contributed by atoms with Gasteiger partial charge in [-0.3, -0.25) is 9.82 Å². The van der Waals surface area contributed by atoms with Crippen LogP contribution in [0.25, 0.3) is 0 Å². The molecule has 1 heterocycles. The zero-order chi connectivity index (χ0) is 14.9. The molecule has 6 nitrogen and oxygen atoms in total. The lowest BCUT2D eigenvalue weighted by Gasteiger charge is -2.10. The Kier molecular flexibility index (Phi) is 3.78. The Morgan fingerprint density at radius 3 is 2.70 bits per heavy atom. The Labute approximate surface area is 116 Å². The van der Waals surface area contributed by atoms with Crippen LogP contribution in [0.4, 0.5) is 10.1 Å². The normalized spacial score (nSPS) is 11.6. The fraction of sp³-hybridized carbons (Fsp3) is 0.250. The van der Waals surface area contributed by atoms with Crippen LogP contribution in [0.3, 0.4) is 0 Å². The van der Waals surface area contributed by atoms with E-state index in [0.717, 1.165) is 0 Å². The number of hydrogen-bond donors (Lipinski definition) is 3. The van der Waals surface area contributed by atoms with Gasteiger partial charge in [0.1, 0.15) is 5.82 Å². The summed E-state index contributed by atoms with van der Waals surface area (Å²) in [5, 5.41) is 6.23. The number of anilines is 1. The van der Waals surface area contributed by atoms with Gasteiger partial charge >= 0.3 is 0 Å². The second-order valence-electron chi connectivity index (χ2n) is 4.40. The van der Waals surface area contributed by atoms with E-state index in [2.05, 4.69) is 14.9 Å². The number of nitrogens with one attached hydrogen (secondary N) is 2. The summed E-state index contributed by atoms with van der Waals surface area (Å²) >= 11 is 0. The molecule has 0 saturated heterocycles. The van der Waals surface area contributed by atoms with E-state index in [9.17, 15) is 12.8 Å². The number of H-pyrrole nitrogens is 1. The SMILES string of the molecule is Cc1cc(F)ccc1NS(=O)(=O)c1n[nH]c(C)c1CN. The summed E-state index contributed by atoms with van der Waals surface area (Å²) in [6.07, 6.45) is 0. The van der Waals surface area contributed by atoms with E-state index < -0.39 is 15.8 Å². The van der Waals surface area contributed by atoms with E-state index >= 15 is 0 Å². The Morgan fingerprint density at radius 1 is 1.40 bits per heavy atom. The van der Waals surface area contributed by atoms with Crippen LogP contribution in [0.15, 0.2) is 23.2 Å². The standard InChI is InChI=1S/C12H15FN4O2S/c1-7-5-9(13)3-4-11(7)17-20(18,19)12-10(6-14)8(2)15-16-12/h3-5,17H,6,14H2,1-2H3,(H,15,16). The van der Waals surface area contributed by atoms with Crippen LogP contribution in [0.1, 0.15) is 16.8 Å². The molecule has 0 fully saturated rings. The first-order chi connectivity index (χ1) is 9.35. The van der Waals surface area contributed by atoms with Crippen LogP contribution < -0.4 is 10.5 Å². The molecule has 0 unspecified atom stereocenters. The summed E-state index contributed by atoms with van der Waals surface area (Å²) < 4.78 is 40.0. The summed E-state index contributed by atoms with van der Waals surface area (Å²) in [6.45, 7) is 3.36. The molecule has 4 N–H and O–H groups in total. The molecule has 8 heteroatoms. The highest BCUT2D eigenvalue weighted by Gasteiger charge is 2.23. The van der Waals surface area contributed by atoms with Crippen molar-refractivity contribution in [2.45, 2.75) is 25.4 Å². The van der Waals surface area contributed by atoms with Crippen molar-refractivity contribution in [1.29, 1.82) is 0 Å². The van der Waals surface area contributed by atoms with Gasteiger partial charge in [-0.2, -0.15) is 13.5 Å². The van der Waals surface area contributed by atoms with Crippen LogP contribution in [0.5, 0.6) is 0 Å². The number of sulfonamides is 1. The van der Waals surface area contributed by atoms with Gasteiger partial charge in [0.2, 0.25) is 5.03 Å². The number of hydrogen-bond acceptors (Lipinski definition) is 4. The van der Waals surface area contributed by atoms with E-state index in [1.54, 1.807) is 13.8 Å². The highest BCUT2D eigenvalue weighted by atomic mass is 32.2. The van der Waals surface area contributed by atoms with Crippen LogP contribution in [-0.2, 0) is 16.6 Å². The summed E-state index contributed by atoms with van der Waals surface area (Å²) in [5.74, 6) is -0.427. The van der Waals surface area contributed by atoms with E-state index in [1.807, 2.05) is 0 Å². The van der Waals surface area contributed by atoms with Gasteiger partial charge in [0, 0.05) is 17.8 Å². The maximum atomic E-state index is 13.0. The lowest BCUT2D eigenvalue weighted by atomic mass is 10.2. The van der Waals surface area contributed by atoms with Gasteiger partial charge in [-0.05, 0) is 37.6 Å². The van der Waals surface area contributed by atoms with E-state index in [-0.39, 0.29) is 11.6 Å². The van der Waals surface area contributed by atoms with Crippen molar-refractivity contribution in [2.24, 2.45) is 5.73 Å². The molecule has 2 aromatic rings. The minimum atomic E-state index is -3.87. The zero-order valence-electron chi connectivity index (χ0n) is 11.1. The summed E-state index contributed by atoms with van der Waals surface area (Å²) in [4.78, 5) is 0. The van der Waals surface area contributed by atoms with Gasteiger partial charge in [0.25, 0.3) is 10.0 Å². The molecule has 0 aliphatic rings. The van der Waals surface area contributed by atoms with Crippen molar-refractivity contribution in [3.8, 4) is 0 Å². The van der Waals surface area contributed by atoms with Gasteiger partial charge in [-0.15, -0.1) is 0 Å². The largest absolute Gasteiger partial charge is 0.326 e. The minimum Gasteiger partial charge on any atom is -0.326 e. The molecule has 20 heavy (non-hydrogen) atoms. The van der Waals surface area contributed by atoms with Crippen molar-refractivity contribution < 1.29 is 12.8 Å². The first kappa shape index (κ1) is 14.5. The molecule has 0 spiro atoms. The third-order valence-corrected chi connectivity index (χ3v) is 4.26. The predicted molar refractivity (Wildman–Crippen MR) is 73.2 cm³/mol. The summed E-state index contributed by atoms with van der Waals surface area (Å²) in [6, 6.07) is 3.80. The third kappa shape index (κ3) is 2.66. The molecule has 2 rings (SSSR count). The molecule has 0 saturated carbocycles. The average molecular weight is 298 g/mol. The molecule has 1 aromatic carbocycles. The van der Waals surface area contributed by atoms with Crippen LogP contribution >= 0.6 is 0 Å². The van der Waals surface area contributed by atoms with Gasteiger partial charge in [-0.25, -0.2) is 4.39 Å². The van der Waals surface area contributed by atoms with Crippen LogP contribution in [-0.4, -0.2) is 18.6 Å². The Balaban J connectivity index is 2.41. The maximum Gasteiger partial charge on any atom is 0.281 e. The quantitative estimate of drug-likeness (QED) is 0.794. The smallest absolute Gasteiger partial charge is 0.281 e. The molecule has 0 aliphatic carbocycles. The molecule has 0 aliphatic heterocycles. The topological polar surface area (TPSA) is 101 Å². The highest BCUT2D eigenvalue weighted by Crippen LogP contribution is 2.22. The second kappa shape index (κ2) is 5.22. The monoisotopic (exact) mass is 298 g/mol. The lowest BCUT2D eigenvalue weighted by Crippen LogP contribution is -2.17. The van der Waals surface area contributed by atoms with Crippen molar-refractivity contribution in [3.05, 3.63) is 40.8 Å². The Hall–Kier alpha value is -1.93. The van der Waals surface area contributed by atoms with Crippen molar-refractivity contribution in [1.82, 2.24) is 10.2 Å². The van der Waals surface area contributed by atoms with Crippen LogP contribution in [0.2, 0.25) is 0 Å². The summed E-state index contributed by atoms with van der Waals surface area (Å²) in [7, 11) is -3.87. The molecular weight excluding hydrogens is 283 g/mol. The van der Waals surface area contributed by atoms with Gasteiger partial charge < -0.3 is 5.73 Å². The fourth-order valence-electron chi connectivity index (χ4n) is 1.83. The number of rotatable bonds is 4. The molecule has 1 aromatic heterocycles. The molecule has 108 valence electrons. The first-order valence-corrected chi connectivity index (χ1v) is 7.36. The van der Waals surface area contributed by atoms with Crippen molar-refractivity contribution in [2.75, 3.05) is 4.72 Å². The van der Waals surface area contributed by atoms with Gasteiger partial charge in [-0.1, -0.05) is 0 Å². The zero-order valence-corrected chi connectivity index (χ0v) is 11.9. The molecule has 0 bridgehead atoms. The van der Waals surface area contributed by atoms with E-state index in [0.29, 0.717) is 22.5 Å². The Bertz CT molecular complexity index is 740. The molecular formula is C12H15FN4O2S. The van der Waals surface area contributed by atoms with Gasteiger partial charge in [0.05, 0.1) is 5.69 Å². The molecule has 0 amide bonds. The number of aryl methyl sites for hydroxylation is 2. The number of halogens is 1. The summed E-state index contributed by atoms with van der Waals surface area (Å²) in [5.41, 5.74) is 7.35. The fourth-order valence-corrected chi connectivity index (χ4v) is 3.17. The van der Waals surface area contributed by atoms with Crippen LogP contribution in [0, 0.1) is 19.7 Å². The number of aromatic amines is 1. The maximum absolute atomic E-state index is 13.0. The number of benzene rings is 1. The lowest BCUT2D eigenvalue weighted by molar-refractivity contribution is 0.595. The highest BCUT2D eigenvalue weighted by molar-refractivity contribution is 7.92. The minimum absolute atomic E-state index is 0.0565. The van der Waals surface area contributed by atoms with E-state index in [4.69, 9.17) is 5.73 Å².